The van der Waals surface area contributed by atoms with Gasteiger partial charge in [-0.3, -0.25) is 0 Å². The van der Waals surface area contributed by atoms with Gasteiger partial charge in [0.15, 0.2) is 0 Å². The van der Waals surface area contributed by atoms with Crippen molar-refractivity contribution in [2.45, 2.75) is 121 Å². The van der Waals surface area contributed by atoms with Crippen LogP contribution in [-0.2, 0) is 12.8 Å². The highest BCUT2D eigenvalue weighted by molar-refractivity contribution is 5.39. The topological polar surface area (TPSA) is 0 Å². The SMILES string of the molecule is C=C(C)/C(C)=C(/C)C(=C)CCC(C)C.C=C(C)CCCC.CC.CCc1ccc(CC)cc1. The van der Waals surface area contributed by atoms with Gasteiger partial charge in [-0.05, 0) is 94.4 Å². The first-order chi connectivity index (χ1) is 15.5. The molecule has 0 heterocycles. The molecule has 0 bridgehead atoms. The van der Waals surface area contributed by atoms with E-state index in [0.717, 1.165) is 30.8 Å². The first kappa shape index (κ1) is 35.8. The molecule has 0 aromatic heterocycles. The predicted molar refractivity (Wildman–Crippen MR) is 157 cm³/mol. The lowest BCUT2D eigenvalue weighted by Gasteiger charge is -2.12. The molecule has 0 aliphatic carbocycles. The van der Waals surface area contributed by atoms with Crippen LogP contribution in [0.3, 0.4) is 0 Å². The van der Waals surface area contributed by atoms with Crippen molar-refractivity contribution in [2.24, 2.45) is 5.92 Å². The van der Waals surface area contributed by atoms with Gasteiger partial charge in [0.25, 0.3) is 0 Å². The minimum atomic E-state index is 0.754. The molecule has 0 radical (unpaired) electrons. The highest BCUT2D eigenvalue weighted by Gasteiger charge is 2.03. The first-order valence-corrected chi connectivity index (χ1v) is 13.2. The zero-order chi connectivity index (χ0) is 26.4. The number of allylic oxidation sites excluding steroid dienone is 5. The Morgan fingerprint density at radius 3 is 1.39 bits per heavy atom. The lowest BCUT2D eigenvalue weighted by atomic mass is 9.94. The molecule has 0 saturated heterocycles. The monoisotopic (exact) mass is 454 g/mol. The number of rotatable bonds is 10. The van der Waals surface area contributed by atoms with E-state index in [4.69, 9.17) is 0 Å². The maximum Gasteiger partial charge on any atom is -0.0280 e. The smallest absolute Gasteiger partial charge is 0.0280 e. The van der Waals surface area contributed by atoms with E-state index in [1.165, 1.54) is 59.1 Å². The van der Waals surface area contributed by atoms with E-state index in [0.29, 0.717) is 0 Å². The highest BCUT2D eigenvalue weighted by atomic mass is 14.1. The molecular weight excluding hydrogens is 396 g/mol. The largest absolute Gasteiger partial charge is 0.100 e. The van der Waals surface area contributed by atoms with Crippen molar-refractivity contribution in [3.63, 3.8) is 0 Å². The number of hydrogen-bond donors (Lipinski definition) is 0. The van der Waals surface area contributed by atoms with E-state index in [1.807, 2.05) is 13.8 Å². The van der Waals surface area contributed by atoms with Crippen LogP contribution in [0.15, 0.2) is 71.9 Å². The third-order valence-electron chi connectivity index (χ3n) is 5.55. The van der Waals surface area contributed by atoms with Crippen LogP contribution in [0, 0.1) is 5.92 Å². The van der Waals surface area contributed by atoms with Gasteiger partial charge in [-0.15, -0.1) is 6.58 Å². The molecule has 0 N–H and O–H groups in total. The van der Waals surface area contributed by atoms with E-state index in [1.54, 1.807) is 0 Å². The fourth-order valence-electron chi connectivity index (χ4n) is 2.72. The number of hydrogen-bond acceptors (Lipinski definition) is 0. The molecule has 0 aliphatic heterocycles. The van der Waals surface area contributed by atoms with Crippen molar-refractivity contribution < 1.29 is 0 Å². The van der Waals surface area contributed by atoms with Gasteiger partial charge >= 0.3 is 0 Å². The summed E-state index contributed by atoms with van der Waals surface area (Å²) in [5.41, 5.74) is 9.18. The summed E-state index contributed by atoms with van der Waals surface area (Å²) in [5.74, 6) is 0.754. The summed E-state index contributed by atoms with van der Waals surface area (Å²) in [6.07, 6.45) is 8.40. The zero-order valence-corrected chi connectivity index (χ0v) is 24.5. The molecule has 0 amide bonds. The summed E-state index contributed by atoms with van der Waals surface area (Å²) in [6, 6.07) is 8.83. The maximum absolute atomic E-state index is 4.13. The third-order valence-corrected chi connectivity index (χ3v) is 5.55. The van der Waals surface area contributed by atoms with E-state index >= 15 is 0 Å². The van der Waals surface area contributed by atoms with Gasteiger partial charge in [0.1, 0.15) is 0 Å². The quantitative estimate of drug-likeness (QED) is 0.243. The van der Waals surface area contributed by atoms with E-state index < -0.39 is 0 Å². The van der Waals surface area contributed by atoms with Crippen molar-refractivity contribution >= 4 is 0 Å². The lowest BCUT2D eigenvalue weighted by Crippen LogP contribution is -1.93. The zero-order valence-electron chi connectivity index (χ0n) is 24.5. The van der Waals surface area contributed by atoms with Gasteiger partial charge in [0.2, 0.25) is 0 Å². The molecule has 1 aromatic rings. The Morgan fingerprint density at radius 2 is 1.15 bits per heavy atom. The van der Waals surface area contributed by atoms with Crippen molar-refractivity contribution in [2.75, 3.05) is 0 Å². The standard InChI is InChI=1S/C14H24.C10H14.C7H14.C2H6/c1-10(2)8-9-12(5)14(7)13(6)11(3)4;1-3-9-5-7-10(4-2)8-6-9;1-4-5-6-7(2)3;1-2/h10H,3,5,8-9H2,1-2,4,6-7H3;5-8H,3-4H2,1-2H3;2,4-6H2,1,3H3;1-2H3/b14-13-;;;. The molecule has 0 nitrogen and oxygen atoms in total. The average Bonchev–Trinajstić information content (AvgIpc) is 2.82. The lowest BCUT2D eigenvalue weighted by molar-refractivity contribution is 0.586. The molecule has 190 valence electrons. The molecule has 0 unspecified atom stereocenters. The van der Waals surface area contributed by atoms with Crippen molar-refractivity contribution in [3.8, 4) is 0 Å². The first-order valence-electron chi connectivity index (χ1n) is 13.2. The summed E-state index contributed by atoms with van der Waals surface area (Å²) in [4.78, 5) is 0. The van der Waals surface area contributed by atoms with Gasteiger partial charge in [-0.2, -0.15) is 0 Å². The molecule has 1 aromatic carbocycles. The number of aryl methyl sites for hydroxylation is 2. The van der Waals surface area contributed by atoms with Gasteiger partial charge in [-0.1, -0.05) is 109 Å². The second-order valence-corrected chi connectivity index (χ2v) is 9.15. The molecule has 1 rings (SSSR count). The molecule has 0 spiro atoms. The molecular formula is C33H58. The Morgan fingerprint density at radius 1 is 0.727 bits per heavy atom. The molecule has 0 fully saturated rings. The average molecular weight is 455 g/mol. The van der Waals surface area contributed by atoms with Crippen LogP contribution in [0.2, 0.25) is 0 Å². The second-order valence-electron chi connectivity index (χ2n) is 9.15. The Labute approximate surface area is 210 Å². The number of benzene rings is 1. The normalized spacial score (nSPS) is 10.4. The van der Waals surface area contributed by atoms with Gasteiger partial charge in [0.05, 0.1) is 0 Å². The Hall–Kier alpha value is -1.82. The molecule has 0 aliphatic rings. The number of unbranched alkanes of at least 4 members (excludes halogenated alkanes) is 1. The van der Waals surface area contributed by atoms with Crippen molar-refractivity contribution in [1.82, 2.24) is 0 Å². The summed E-state index contributed by atoms with van der Waals surface area (Å²) in [5, 5.41) is 0. The molecule has 0 heteroatoms. The van der Waals surface area contributed by atoms with E-state index in [9.17, 15) is 0 Å². The van der Waals surface area contributed by atoms with Crippen LogP contribution in [0.1, 0.15) is 119 Å². The van der Waals surface area contributed by atoms with Crippen LogP contribution in [0.4, 0.5) is 0 Å². The van der Waals surface area contributed by atoms with Crippen LogP contribution >= 0.6 is 0 Å². The minimum absolute atomic E-state index is 0.754. The molecule has 0 atom stereocenters. The summed E-state index contributed by atoms with van der Waals surface area (Å²) < 4.78 is 0. The van der Waals surface area contributed by atoms with Crippen LogP contribution in [0.5, 0.6) is 0 Å². The van der Waals surface area contributed by atoms with Gasteiger partial charge in [0, 0.05) is 0 Å². The summed E-state index contributed by atoms with van der Waals surface area (Å²) in [6.45, 7) is 35.3. The fraction of sp³-hybridized carbons (Fsp3) is 0.576. The van der Waals surface area contributed by atoms with Crippen LogP contribution < -0.4 is 0 Å². The maximum atomic E-state index is 4.13. The fourth-order valence-corrected chi connectivity index (χ4v) is 2.72. The van der Waals surface area contributed by atoms with Crippen LogP contribution in [0.25, 0.3) is 0 Å². The summed E-state index contributed by atoms with van der Waals surface area (Å²) in [7, 11) is 0. The second kappa shape index (κ2) is 23.3. The molecule has 33 heavy (non-hydrogen) atoms. The minimum Gasteiger partial charge on any atom is -0.100 e. The third kappa shape index (κ3) is 21.8. The van der Waals surface area contributed by atoms with E-state index in [-0.39, 0.29) is 0 Å². The highest BCUT2D eigenvalue weighted by Crippen LogP contribution is 2.22. The van der Waals surface area contributed by atoms with Crippen molar-refractivity contribution in [3.05, 3.63) is 83.0 Å². The molecule has 0 saturated carbocycles. The predicted octanol–water partition coefficient (Wildman–Crippen LogP) is 11.5. The Kier molecular flexibility index (Phi) is 25.3. The Balaban J connectivity index is -0.000000415. The van der Waals surface area contributed by atoms with Crippen molar-refractivity contribution in [1.29, 1.82) is 0 Å². The summed E-state index contributed by atoms with van der Waals surface area (Å²) >= 11 is 0. The van der Waals surface area contributed by atoms with E-state index in [2.05, 4.69) is 106 Å². The van der Waals surface area contributed by atoms with Gasteiger partial charge < -0.3 is 0 Å². The van der Waals surface area contributed by atoms with Crippen LogP contribution in [-0.4, -0.2) is 0 Å². The van der Waals surface area contributed by atoms with Gasteiger partial charge in [-0.25, -0.2) is 0 Å². The Bertz CT molecular complexity index is 641.